The Bertz CT molecular complexity index is 1870. The van der Waals surface area contributed by atoms with Gasteiger partial charge < -0.3 is 24.4 Å². The van der Waals surface area contributed by atoms with E-state index in [1.165, 1.54) is 4.90 Å². The lowest BCUT2D eigenvalue weighted by molar-refractivity contribution is -0.159. The van der Waals surface area contributed by atoms with Crippen LogP contribution in [0.4, 0.5) is 0 Å². The van der Waals surface area contributed by atoms with Crippen LogP contribution in [0.25, 0.3) is 11.0 Å². The van der Waals surface area contributed by atoms with Gasteiger partial charge in [-0.25, -0.2) is 18.4 Å². The van der Waals surface area contributed by atoms with Gasteiger partial charge in [0, 0.05) is 24.3 Å². The van der Waals surface area contributed by atoms with Crippen LogP contribution in [-0.4, -0.2) is 89.2 Å². The fraction of sp³-hybridized carbons (Fsp3) is 0.622. The number of methoxy groups -OCH3 is 1. The van der Waals surface area contributed by atoms with E-state index in [4.69, 9.17) is 14.2 Å². The molecule has 1 saturated heterocycles. The Labute approximate surface area is 304 Å². The van der Waals surface area contributed by atoms with E-state index in [2.05, 4.69) is 20.0 Å². The van der Waals surface area contributed by atoms with Crippen molar-refractivity contribution in [3.63, 3.8) is 0 Å². The van der Waals surface area contributed by atoms with Gasteiger partial charge in [-0.1, -0.05) is 25.0 Å². The molecule has 14 nitrogen and oxygen atoms in total. The van der Waals surface area contributed by atoms with Crippen molar-refractivity contribution in [3.8, 4) is 11.6 Å². The summed E-state index contributed by atoms with van der Waals surface area (Å²) >= 11 is 0. The SMILES string of the molecule is COc1ccc2nc(C)c(O[C@@H]3C[C@H]4C(=O)N[C@]5(C(=O)NS(=O)(=O)C6CC6)C[C@H]5/C=C\CCCCC[C@H](CC(=O)OC(C)(C)C)C(=O)N4C3)nc2c1. The molecular formula is C37H49N5O9S. The largest absolute Gasteiger partial charge is 0.497 e. The summed E-state index contributed by atoms with van der Waals surface area (Å²) in [6.07, 6.45) is 7.65. The molecule has 2 saturated carbocycles. The first-order chi connectivity index (χ1) is 24.6. The standard InChI is InChI=1S/C37H49N5O9S/c1-22-33(39-29-18-25(49-5)13-16-28(29)38-22)50-26-19-30-32(44)40-37(35(46)41-52(47,48)27-14-15-27)20-24(37)12-10-8-6-7-9-11-23(34(45)42(30)21-26)17-31(43)51-36(2,3)4/h10,12-13,16,18,23-24,26-27,30H,6-9,11,14-15,17,19-21H2,1-5H3,(H,40,44)(H,41,46)/b12-10-/t23-,24-,26-,30+,37-/m1/s1. The number of ether oxygens (including phenoxy) is 3. The van der Waals surface area contributed by atoms with Gasteiger partial charge in [0.05, 0.1) is 36.4 Å². The van der Waals surface area contributed by atoms with Gasteiger partial charge in [-0.05, 0) is 78.4 Å². The number of aryl methyl sites for hydroxylation is 1. The Kier molecular flexibility index (Phi) is 10.5. The van der Waals surface area contributed by atoms with Crippen molar-refractivity contribution in [3.05, 3.63) is 36.0 Å². The first-order valence-corrected chi connectivity index (χ1v) is 19.7. The molecule has 3 amide bonds. The van der Waals surface area contributed by atoms with Gasteiger partial charge in [-0.2, -0.15) is 0 Å². The van der Waals surface area contributed by atoms with Gasteiger partial charge in [-0.15, -0.1) is 0 Å². The van der Waals surface area contributed by atoms with Crippen LogP contribution >= 0.6 is 0 Å². The molecule has 0 radical (unpaired) electrons. The molecule has 2 aliphatic heterocycles. The number of amides is 3. The monoisotopic (exact) mass is 739 g/mol. The highest BCUT2D eigenvalue weighted by Gasteiger charge is 2.62. The molecule has 5 atom stereocenters. The van der Waals surface area contributed by atoms with Gasteiger partial charge in [0.25, 0.3) is 5.91 Å². The smallest absolute Gasteiger partial charge is 0.307 e. The maximum atomic E-state index is 14.5. The average Bonchev–Trinajstić information content (AvgIpc) is 3.99. The summed E-state index contributed by atoms with van der Waals surface area (Å²) in [5.41, 5.74) is -0.530. The zero-order valence-corrected chi connectivity index (χ0v) is 31.3. The number of carbonyl (C=O) groups excluding carboxylic acids is 4. The summed E-state index contributed by atoms with van der Waals surface area (Å²) in [4.78, 5) is 66.2. The zero-order chi connectivity index (χ0) is 37.4. The number of esters is 1. The van der Waals surface area contributed by atoms with Crippen LogP contribution in [0.5, 0.6) is 11.6 Å². The number of aromatic nitrogens is 2. The number of rotatable bonds is 8. The number of nitrogens with one attached hydrogen (secondary N) is 2. The third-order valence-electron chi connectivity index (χ3n) is 10.1. The average molecular weight is 740 g/mol. The van der Waals surface area contributed by atoms with Crippen molar-refractivity contribution in [1.29, 1.82) is 0 Å². The molecule has 0 spiro atoms. The minimum Gasteiger partial charge on any atom is -0.497 e. The Morgan fingerprint density at radius 3 is 2.56 bits per heavy atom. The summed E-state index contributed by atoms with van der Waals surface area (Å²) in [6, 6.07) is 4.24. The number of fused-ring (bicyclic) bond motifs is 3. The second-order valence-corrected chi connectivity index (χ2v) is 17.4. The Balaban J connectivity index is 1.31. The minimum absolute atomic E-state index is 0.0115. The first-order valence-electron chi connectivity index (χ1n) is 18.1. The van der Waals surface area contributed by atoms with E-state index in [1.807, 2.05) is 12.2 Å². The van der Waals surface area contributed by atoms with Crippen molar-refractivity contribution in [2.45, 2.75) is 120 Å². The highest BCUT2D eigenvalue weighted by Crippen LogP contribution is 2.46. The van der Waals surface area contributed by atoms with Crippen molar-refractivity contribution < 1.29 is 41.8 Å². The molecule has 15 heteroatoms. The number of hydrogen-bond donors (Lipinski definition) is 2. The quantitative estimate of drug-likeness (QED) is 0.298. The number of benzene rings is 1. The molecule has 6 rings (SSSR count). The fourth-order valence-electron chi connectivity index (χ4n) is 7.07. The zero-order valence-electron chi connectivity index (χ0n) is 30.5. The normalized spacial score (nSPS) is 27.7. The van der Waals surface area contributed by atoms with Crippen molar-refractivity contribution in [2.24, 2.45) is 11.8 Å². The second-order valence-electron chi connectivity index (χ2n) is 15.5. The van der Waals surface area contributed by atoms with Crippen LogP contribution in [-0.2, 0) is 33.9 Å². The number of hydrogen-bond acceptors (Lipinski definition) is 11. The van der Waals surface area contributed by atoms with Crippen LogP contribution in [0.2, 0.25) is 0 Å². The molecule has 0 bridgehead atoms. The molecule has 1 aromatic heterocycles. The maximum Gasteiger partial charge on any atom is 0.307 e. The lowest BCUT2D eigenvalue weighted by atomic mass is 9.95. The number of carbonyl (C=O) groups is 4. The van der Waals surface area contributed by atoms with Gasteiger partial charge in [-0.3, -0.25) is 23.9 Å². The van der Waals surface area contributed by atoms with E-state index >= 15 is 0 Å². The summed E-state index contributed by atoms with van der Waals surface area (Å²) < 4.78 is 45.1. The van der Waals surface area contributed by atoms with E-state index in [0.717, 1.165) is 12.8 Å². The highest BCUT2D eigenvalue weighted by molar-refractivity contribution is 7.91. The fourth-order valence-corrected chi connectivity index (χ4v) is 8.43. The van der Waals surface area contributed by atoms with E-state index in [-0.39, 0.29) is 31.7 Å². The predicted octanol–water partition coefficient (Wildman–Crippen LogP) is 3.65. The van der Waals surface area contributed by atoms with Crippen LogP contribution in [0, 0.1) is 18.8 Å². The number of allylic oxidation sites excluding steroid dienone is 1. The molecule has 2 aliphatic carbocycles. The molecule has 282 valence electrons. The van der Waals surface area contributed by atoms with Gasteiger partial charge in [0.15, 0.2) is 0 Å². The van der Waals surface area contributed by atoms with E-state index in [9.17, 15) is 27.6 Å². The molecule has 1 aromatic carbocycles. The van der Waals surface area contributed by atoms with Gasteiger partial charge >= 0.3 is 5.97 Å². The maximum absolute atomic E-state index is 14.5. The Morgan fingerprint density at radius 1 is 1.08 bits per heavy atom. The second kappa shape index (κ2) is 14.6. The molecular weight excluding hydrogens is 691 g/mol. The third kappa shape index (κ3) is 8.50. The Morgan fingerprint density at radius 2 is 1.85 bits per heavy atom. The van der Waals surface area contributed by atoms with Crippen LogP contribution in [0.3, 0.4) is 0 Å². The molecule has 52 heavy (non-hydrogen) atoms. The molecule has 0 unspecified atom stereocenters. The highest BCUT2D eigenvalue weighted by atomic mass is 32.2. The first kappa shape index (κ1) is 37.5. The number of sulfonamides is 1. The van der Waals surface area contributed by atoms with Crippen LogP contribution in [0.15, 0.2) is 30.4 Å². The van der Waals surface area contributed by atoms with Crippen LogP contribution in [0.1, 0.15) is 90.7 Å². The van der Waals surface area contributed by atoms with Crippen LogP contribution < -0.4 is 19.5 Å². The summed E-state index contributed by atoms with van der Waals surface area (Å²) in [5.74, 6) is -2.63. The molecule has 2 aromatic rings. The van der Waals surface area contributed by atoms with Crippen molar-refractivity contribution in [1.82, 2.24) is 24.9 Å². The summed E-state index contributed by atoms with van der Waals surface area (Å²) in [7, 11) is -2.33. The van der Waals surface area contributed by atoms with E-state index in [0.29, 0.717) is 54.6 Å². The van der Waals surface area contributed by atoms with Gasteiger partial charge in [0.1, 0.15) is 34.7 Å². The molecule has 2 N–H and O–H groups in total. The lowest BCUT2D eigenvalue weighted by Gasteiger charge is -2.30. The topological polar surface area (TPSA) is 183 Å². The Hall–Kier alpha value is -4.27. The summed E-state index contributed by atoms with van der Waals surface area (Å²) in [6.45, 7) is 7.06. The molecule has 4 aliphatic rings. The number of nitrogens with zero attached hydrogens (tertiary/aromatic N) is 3. The van der Waals surface area contributed by atoms with E-state index in [1.54, 1.807) is 53.0 Å². The van der Waals surface area contributed by atoms with Gasteiger partial charge in [0.2, 0.25) is 27.7 Å². The van der Waals surface area contributed by atoms with Crippen molar-refractivity contribution in [2.75, 3.05) is 13.7 Å². The molecule has 3 heterocycles. The third-order valence-corrected chi connectivity index (χ3v) is 11.9. The minimum atomic E-state index is -3.88. The molecule has 3 fully saturated rings. The van der Waals surface area contributed by atoms with Crippen molar-refractivity contribution >= 4 is 44.7 Å². The lowest BCUT2D eigenvalue weighted by Crippen LogP contribution is -2.57. The summed E-state index contributed by atoms with van der Waals surface area (Å²) in [5, 5.41) is 2.26. The van der Waals surface area contributed by atoms with E-state index < -0.39 is 74.1 Å². The predicted molar refractivity (Wildman–Crippen MR) is 191 cm³/mol.